The Labute approximate surface area is 228 Å². The molecule has 3 heterocycles. The molecule has 0 radical (unpaired) electrons. The molecule has 0 aromatic heterocycles. The van der Waals surface area contributed by atoms with Crippen LogP contribution < -0.4 is 0 Å². The lowest BCUT2D eigenvalue weighted by Gasteiger charge is -2.47. The van der Waals surface area contributed by atoms with Gasteiger partial charge in [0.25, 0.3) is 0 Å². The second-order valence-corrected chi connectivity index (χ2v) is 11.2. The first kappa shape index (κ1) is 24.6. The highest BCUT2D eigenvalue weighted by atomic mass is 16.7. The van der Waals surface area contributed by atoms with Crippen LogP contribution in [0.1, 0.15) is 71.4 Å². The van der Waals surface area contributed by atoms with E-state index in [-0.39, 0.29) is 35.8 Å². The molecule has 3 aliphatic heterocycles. The SMILES string of the molecule is O=C(c1cccc(C2OCCO2)c1)C1CC2CCCC(C1)N2C(=O)OCC1c2ccccc2-c2ccccc21. The number of amides is 1. The molecule has 2 unspecified atom stereocenters. The molecule has 3 aromatic carbocycles. The third-order valence-corrected chi connectivity index (χ3v) is 8.96. The van der Waals surface area contributed by atoms with Gasteiger partial charge in [0, 0.05) is 35.0 Å². The zero-order chi connectivity index (χ0) is 26.3. The minimum atomic E-state index is -0.396. The molecular formula is C33H33NO5. The van der Waals surface area contributed by atoms with Crippen molar-refractivity contribution in [1.29, 1.82) is 0 Å². The van der Waals surface area contributed by atoms with Gasteiger partial charge in [-0.3, -0.25) is 4.79 Å². The second kappa shape index (κ2) is 10.2. The molecule has 7 rings (SSSR count). The summed E-state index contributed by atoms with van der Waals surface area (Å²) < 4.78 is 17.3. The number of carbonyl (C=O) groups is 2. The van der Waals surface area contributed by atoms with Crippen LogP contribution in [0.25, 0.3) is 11.1 Å². The predicted octanol–water partition coefficient (Wildman–Crippen LogP) is 6.50. The molecule has 6 heteroatoms. The molecule has 6 nitrogen and oxygen atoms in total. The zero-order valence-corrected chi connectivity index (χ0v) is 22.0. The summed E-state index contributed by atoms with van der Waals surface area (Å²) in [6, 6.07) is 24.5. The highest BCUT2D eigenvalue weighted by Gasteiger charge is 2.44. The van der Waals surface area contributed by atoms with Crippen molar-refractivity contribution in [3.8, 4) is 11.1 Å². The maximum Gasteiger partial charge on any atom is 0.410 e. The van der Waals surface area contributed by atoms with Gasteiger partial charge in [-0.15, -0.1) is 0 Å². The summed E-state index contributed by atoms with van der Waals surface area (Å²) in [5, 5.41) is 0. The Bertz CT molecular complexity index is 1340. The van der Waals surface area contributed by atoms with Gasteiger partial charge < -0.3 is 19.1 Å². The molecule has 3 fully saturated rings. The Kier molecular flexibility index (Phi) is 6.45. The fourth-order valence-corrected chi connectivity index (χ4v) is 7.19. The van der Waals surface area contributed by atoms with Crippen LogP contribution in [0.4, 0.5) is 4.79 Å². The van der Waals surface area contributed by atoms with Crippen LogP contribution in [0.2, 0.25) is 0 Å². The molecule has 39 heavy (non-hydrogen) atoms. The van der Waals surface area contributed by atoms with Crippen LogP contribution in [0, 0.1) is 5.92 Å². The van der Waals surface area contributed by atoms with Crippen molar-refractivity contribution in [2.24, 2.45) is 5.92 Å². The number of Topliss-reactive ketones (excluding diaryl/α,β-unsaturated/α-hetero) is 1. The molecule has 200 valence electrons. The highest BCUT2D eigenvalue weighted by molar-refractivity contribution is 5.98. The van der Waals surface area contributed by atoms with Crippen molar-refractivity contribution in [2.75, 3.05) is 19.8 Å². The molecule has 2 bridgehead atoms. The Morgan fingerprint density at radius 1 is 0.821 bits per heavy atom. The lowest BCUT2D eigenvalue weighted by Crippen LogP contribution is -2.55. The molecule has 1 aliphatic carbocycles. The summed E-state index contributed by atoms with van der Waals surface area (Å²) in [5.41, 5.74) is 6.46. The van der Waals surface area contributed by atoms with Crippen molar-refractivity contribution < 1.29 is 23.8 Å². The summed E-state index contributed by atoms with van der Waals surface area (Å²) in [6.45, 7) is 1.46. The van der Waals surface area contributed by atoms with Gasteiger partial charge >= 0.3 is 6.09 Å². The monoisotopic (exact) mass is 523 g/mol. The van der Waals surface area contributed by atoms with Crippen molar-refractivity contribution >= 4 is 11.9 Å². The number of nitrogens with zero attached hydrogens (tertiary/aromatic N) is 1. The zero-order valence-electron chi connectivity index (χ0n) is 22.0. The molecule has 4 aliphatic rings. The number of hydrogen-bond donors (Lipinski definition) is 0. The van der Waals surface area contributed by atoms with Crippen LogP contribution in [0.15, 0.2) is 72.8 Å². The lowest BCUT2D eigenvalue weighted by atomic mass is 9.75. The normalized spacial score (nSPS) is 24.3. The smallest absolute Gasteiger partial charge is 0.410 e. The molecule has 0 saturated carbocycles. The maximum atomic E-state index is 13.6. The van der Waals surface area contributed by atoms with E-state index in [1.54, 1.807) is 0 Å². The van der Waals surface area contributed by atoms with E-state index in [9.17, 15) is 9.59 Å². The Hall–Kier alpha value is -3.48. The minimum Gasteiger partial charge on any atom is -0.448 e. The Morgan fingerprint density at radius 3 is 2.13 bits per heavy atom. The first-order valence-corrected chi connectivity index (χ1v) is 14.2. The largest absolute Gasteiger partial charge is 0.448 e. The van der Waals surface area contributed by atoms with E-state index in [0.717, 1.165) is 24.8 Å². The van der Waals surface area contributed by atoms with E-state index < -0.39 is 6.29 Å². The fraction of sp³-hybridized carbons (Fsp3) is 0.394. The summed E-state index contributed by atoms with van der Waals surface area (Å²) in [7, 11) is 0. The van der Waals surface area contributed by atoms with E-state index >= 15 is 0 Å². The average molecular weight is 524 g/mol. The molecular weight excluding hydrogens is 490 g/mol. The van der Waals surface area contributed by atoms with E-state index in [4.69, 9.17) is 14.2 Å². The molecule has 3 saturated heterocycles. The van der Waals surface area contributed by atoms with E-state index in [0.29, 0.717) is 38.2 Å². The van der Waals surface area contributed by atoms with Gasteiger partial charge in [-0.2, -0.15) is 0 Å². The topological polar surface area (TPSA) is 65.1 Å². The van der Waals surface area contributed by atoms with Crippen LogP contribution in [-0.2, 0) is 14.2 Å². The molecule has 0 spiro atoms. The van der Waals surface area contributed by atoms with Gasteiger partial charge in [0.1, 0.15) is 6.61 Å². The third-order valence-electron chi connectivity index (χ3n) is 8.96. The molecule has 2 atom stereocenters. The van der Waals surface area contributed by atoms with Crippen molar-refractivity contribution in [1.82, 2.24) is 4.90 Å². The fourth-order valence-electron chi connectivity index (χ4n) is 7.19. The number of ketones is 1. The Morgan fingerprint density at radius 2 is 1.46 bits per heavy atom. The standard InChI is InChI=1S/C33H33NO5/c35-31(21-7-5-8-22(17-21)32-37-15-16-38-32)23-18-24-9-6-10-25(19-23)34(24)33(36)39-20-30-28-13-3-1-11-26(28)27-12-2-4-14-29(27)30/h1-5,7-8,11-14,17,23-25,30,32H,6,9-10,15-16,18-20H2. The quantitative estimate of drug-likeness (QED) is 0.357. The molecule has 0 N–H and O–H groups in total. The first-order chi connectivity index (χ1) is 19.2. The predicted molar refractivity (Wildman–Crippen MR) is 146 cm³/mol. The van der Waals surface area contributed by atoms with Crippen molar-refractivity contribution in [3.05, 3.63) is 95.1 Å². The lowest BCUT2D eigenvalue weighted by molar-refractivity contribution is -0.0441. The third kappa shape index (κ3) is 4.46. The van der Waals surface area contributed by atoms with E-state index in [1.165, 1.54) is 22.3 Å². The number of carbonyl (C=O) groups excluding carboxylic acids is 2. The van der Waals surface area contributed by atoms with Gasteiger partial charge in [0.2, 0.25) is 0 Å². The van der Waals surface area contributed by atoms with Crippen LogP contribution >= 0.6 is 0 Å². The second-order valence-electron chi connectivity index (χ2n) is 11.2. The van der Waals surface area contributed by atoms with Gasteiger partial charge in [-0.25, -0.2) is 4.79 Å². The Balaban J connectivity index is 1.04. The van der Waals surface area contributed by atoms with Crippen molar-refractivity contribution in [3.63, 3.8) is 0 Å². The maximum absolute atomic E-state index is 13.6. The van der Waals surface area contributed by atoms with Gasteiger partial charge in [-0.05, 0) is 60.4 Å². The summed E-state index contributed by atoms with van der Waals surface area (Å²) in [5.74, 6) is 0.0953. The van der Waals surface area contributed by atoms with E-state index in [2.05, 4.69) is 48.5 Å². The summed E-state index contributed by atoms with van der Waals surface area (Å²) in [4.78, 5) is 29.1. The number of piperidine rings is 2. The van der Waals surface area contributed by atoms with Gasteiger partial charge in [0.05, 0.1) is 13.2 Å². The van der Waals surface area contributed by atoms with Crippen LogP contribution in [-0.4, -0.2) is 48.7 Å². The summed E-state index contributed by atoms with van der Waals surface area (Å²) >= 11 is 0. The van der Waals surface area contributed by atoms with E-state index in [1.807, 2.05) is 29.2 Å². The van der Waals surface area contributed by atoms with Crippen LogP contribution in [0.5, 0.6) is 0 Å². The van der Waals surface area contributed by atoms with Crippen LogP contribution in [0.3, 0.4) is 0 Å². The molecule has 3 aromatic rings. The first-order valence-electron chi connectivity index (χ1n) is 14.2. The minimum absolute atomic E-state index is 0.0341. The van der Waals surface area contributed by atoms with Crippen molar-refractivity contribution in [2.45, 2.75) is 56.4 Å². The summed E-state index contributed by atoms with van der Waals surface area (Å²) in [6.07, 6.45) is 3.63. The number of fused-ring (bicyclic) bond motifs is 5. The van der Waals surface area contributed by atoms with Gasteiger partial charge in [0.15, 0.2) is 12.1 Å². The molecule has 1 amide bonds. The highest BCUT2D eigenvalue weighted by Crippen LogP contribution is 2.45. The number of ether oxygens (including phenoxy) is 3. The number of hydrogen-bond acceptors (Lipinski definition) is 5. The number of rotatable bonds is 5. The average Bonchev–Trinajstić information content (AvgIpc) is 3.62. The number of benzene rings is 3. The van der Waals surface area contributed by atoms with Gasteiger partial charge in [-0.1, -0.05) is 66.7 Å².